The number of carbonyl (C=O) groups excluding carboxylic acids is 1. The molecule has 178 valence electrons. The Morgan fingerprint density at radius 3 is 2.70 bits per heavy atom. The van der Waals surface area contributed by atoms with Crippen LogP contribution in [0.2, 0.25) is 0 Å². The number of ether oxygens (including phenoxy) is 2. The lowest BCUT2D eigenvalue weighted by atomic mass is 9.93. The Morgan fingerprint density at radius 2 is 1.85 bits per heavy atom. The fraction of sp³-hybridized carbons (Fsp3) is 0.536. The van der Waals surface area contributed by atoms with Crippen LogP contribution in [0.4, 0.5) is 0 Å². The molecule has 2 aliphatic heterocycles. The van der Waals surface area contributed by atoms with Gasteiger partial charge < -0.3 is 14.4 Å². The first-order valence-electron chi connectivity index (χ1n) is 12.6. The van der Waals surface area contributed by atoms with Gasteiger partial charge in [-0.15, -0.1) is 0 Å². The van der Waals surface area contributed by atoms with Crippen LogP contribution in [0.3, 0.4) is 0 Å². The summed E-state index contributed by atoms with van der Waals surface area (Å²) in [5.74, 6) is 0.880. The van der Waals surface area contributed by atoms with E-state index in [1.807, 2.05) is 24.3 Å². The van der Waals surface area contributed by atoms with Gasteiger partial charge in [-0.1, -0.05) is 42.8 Å². The molecule has 0 spiro atoms. The summed E-state index contributed by atoms with van der Waals surface area (Å²) in [5.41, 5.74) is 2.12. The number of methoxy groups -OCH3 is 1. The molecule has 2 aromatic carbocycles. The number of aryl methyl sites for hydroxylation is 1. The van der Waals surface area contributed by atoms with Gasteiger partial charge in [-0.25, -0.2) is 0 Å². The van der Waals surface area contributed by atoms with E-state index in [2.05, 4.69) is 40.1 Å². The number of nitrogens with zero attached hydrogens (tertiary/aromatic N) is 2. The van der Waals surface area contributed by atoms with Crippen LogP contribution in [0, 0.1) is 0 Å². The van der Waals surface area contributed by atoms with Crippen molar-refractivity contribution in [1.29, 1.82) is 0 Å². The van der Waals surface area contributed by atoms with Crippen molar-refractivity contribution in [2.45, 2.75) is 57.1 Å². The van der Waals surface area contributed by atoms with Gasteiger partial charge in [-0.2, -0.15) is 0 Å². The fourth-order valence-electron chi connectivity index (χ4n) is 5.24. The van der Waals surface area contributed by atoms with Gasteiger partial charge in [0, 0.05) is 25.8 Å². The van der Waals surface area contributed by atoms with Crippen LogP contribution in [-0.4, -0.2) is 67.7 Å². The lowest BCUT2D eigenvalue weighted by Crippen LogP contribution is -2.51. The Labute approximate surface area is 198 Å². The molecule has 0 radical (unpaired) electrons. The van der Waals surface area contributed by atoms with Crippen LogP contribution in [-0.2, 0) is 11.2 Å². The van der Waals surface area contributed by atoms with Gasteiger partial charge in [-0.3, -0.25) is 9.69 Å². The predicted octanol–water partition coefficient (Wildman–Crippen LogP) is 4.80. The van der Waals surface area contributed by atoms with Crippen molar-refractivity contribution in [2.24, 2.45) is 0 Å². The van der Waals surface area contributed by atoms with Crippen molar-refractivity contribution >= 4 is 5.91 Å². The number of rotatable bonds is 5. The van der Waals surface area contributed by atoms with E-state index in [-0.39, 0.29) is 18.1 Å². The van der Waals surface area contributed by atoms with E-state index in [9.17, 15) is 4.79 Å². The second-order valence-corrected chi connectivity index (χ2v) is 9.29. The molecule has 0 N–H and O–H groups in total. The van der Waals surface area contributed by atoms with Gasteiger partial charge in [0.1, 0.15) is 12.4 Å². The zero-order chi connectivity index (χ0) is 22.9. The van der Waals surface area contributed by atoms with E-state index in [0.29, 0.717) is 12.2 Å². The smallest absolute Gasteiger partial charge is 0.254 e. The molecule has 1 fully saturated rings. The molecule has 0 aromatic heterocycles. The summed E-state index contributed by atoms with van der Waals surface area (Å²) >= 11 is 0. The molecule has 2 aromatic rings. The Balaban J connectivity index is 1.44. The zero-order valence-corrected chi connectivity index (χ0v) is 20.0. The maximum Gasteiger partial charge on any atom is 0.254 e. The minimum atomic E-state index is 0.104. The molecular weight excluding hydrogens is 412 g/mol. The van der Waals surface area contributed by atoms with Crippen LogP contribution >= 0.6 is 0 Å². The monoisotopic (exact) mass is 450 g/mol. The number of carbonyl (C=O) groups is 1. The number of benzene rings is 2. The SMILES string of the molecule is CO[C@H]1CCCN2C(=O)c3cccc(c3)OCCN(CCCc3ccccc3)CCCC[C@@H]12. The van der Waals surface area contributed by atoms with Gasteiger partial charge in [0.25, 0.3) is 5.91 Å². The first kappa shape index (κ1) is 23.8. The summed E-state index contributed by atoms with van der Waals surface area (Å²) in [5, 5.41) is 0. The summed E-state index contributed by atoms with van der Waals surface area (Å²) < 4.78 is 11.9. The third-order valence-corrected chi connectivity index (χ3v) is 7.04. The molecule has 0 saturated carbocycles. The first-order chi connectivity index (χ1) is 16.2. The molecule has 2 atom stereocenters. The Morgan fingerprint density at radius 1 is 0.970 bits per heavy atom. The maximum absolute atomic E-state index is 13.4. The van der Waals surface area contributed by atoms with E-state index in [1.165, 1.54) is 5.56 Å². The van der Waals surface area contributed by atoms with Crippen LogP contribution in [0.15, 0.2) is 54.6 Å². The van der Waals surface area contributed by atoms with Gasteiger partial charge in [0.2, 0.25) is 0 Å². The van der Waals surface area contributed by atoms with Crippen molar-refractivity contribution in [1.82, 2.24) is 9.80 Å². The van der Waals surface area contributed by atoms with Crippen LogP contribution in [0.25, 0.3) is 0 Å². The highest BCUT2D eigenvalue weighted by molar-refractivity contribution is 5.95. The summed E-state index contributed by atoms with van der Waals surface area (Å²) in [6.45, 7) is 4.49. The molecule has 0 unspecified atom stereocenters. The van der Waals surface area contributed by atoms with Crippen molar-refractivity contribution in [3.63, 3.8) is 0 Å². The number of hydrogen-bond donors (Lipinski definition) is 0. The molecule has 0 aliphatic carbocycles. The highest BCUT2D eigenvalue weighted by Crippen LogP contribution is 2.27. The predicted molar refractivity (Wildman–Crippen MR) is 132 cm³/mol. The van der Waals surface area contributed by atoms with Crippen LogP contribution in [0.5, 0.6) is 5.75 Å². The minimum Gasteiger partial charge on any atom is -0.492 e. The molecule has 5 nitrogen and oxygen atoms in total. The third kappa shape index (κ3) is 6.58. The van der Waals surface area contributed by atoms with Gasteiger partial charge >= 0.3 is 0 Å². The van der Waals surface area contributed by atoms with Crippen LogP contribution < -0.4 is 4.74 Å². The number of fused-ring (bicyclic) bond motifs is 3. The lowest BCUT2D eigenvalue weighted by Gasteiger charge is -2.41. The average molecular weight is 451 g/mol. The number of amides is 1. The molecule has 2 aliphatic rings. The standard InChI is InChI=1S/C28H38N2O3/c1-32-27-16-9-19-30-26(27)15-5-6-17-29(18-8-12-23-10-3-2-4-11-23)20-21-33-25-14-7-13-24(22-25)28(30)31/h2-4,7,10-11,13-14,22,26-27H,5-6,8-9,12,15-21H2,1H3/t26-,27-/m0/s1. The quantitative estimate of drug-likeness (QED) is 0.656. The third-order valence-electron chi connectivity index (χ3n) is 7.04. The van der Waals surface area contributed by atoms with E-state index in [0.717, 1.165) is 76.9 Å². The highest BCUT2D eigenvalue weighted by atomic mass is 16.5. The molecule has 2 bridgehead atoms. The minimum absolute atomic E-state index is 0.104. The molecule has 2 heterocycles. The zero-order valence-electron chi connectivity index (χ0n) is 20.0. The van der Waals surface area contributed by atoms with E-state index >= 15 is 0 Å². The average Bonchev–Trinajstić information content (AvgIpc) is 2.86. The van der Waals surface area contributed by atoms with E-state index in [4.69, 9.17) is 9.47 Å². The number of hydrogen-bond acceptors (Lipinski definition) is 4. The molecule has 4 rings (SSSR count). The fourth-order valence-corrected chi connectivity index (χ4v) is 5.24. The summed E-state index contributed by atoms with van der Waals surface area (Å²) in [4.78, 5) is 18.0. The van der Waals surface area contributed by atoms with Crippen molar-refractivity contribution in [3.05, 3.63) is 65.7 Å². The van der Waals surface area contributed by atoms with Gasteiger partial charge in [0.05, 0.1) is 12.1 Å². The van der Waals surface area contributed by atoms with Crippen LogP contribution in [0.1, 0.15) is 54.4 Å². The van der Waals surface area contributed by atoms with E-state index < -0.39 is 0 Å². The van der Waals surface area contributed by atoms with Crippen molar-refractivity contribution < 1.29 is 14.3 Å². The second kappa shape index (κ2) is 12.2. The molecule has 5 heteroatoms. The Kier molecular flexibility index (Phi) is 8.79. The first-order valence-corrected chi connectivity index (χ1v) is 12.6. The Bertz CT molecular complexity index is 872. The summed E-state index contributed by atoms with van der Waals surface area (Å²) in [6.07, 6.45) is 7.63. The van der Waals surface area contributed by atoms with Crippen molar-refractivity contribution in [3.8, 4) is 5.75 Å². The van der Waals surface area contributed by atoms with E-state index in [1.54, 1.807) is 7.11 Å². The topological polar surface area (TPSA) is 42.0 Å². The summed E-state index contributed by atoms with van der Waals surface area (Å²) in [7, 11) is 1.78. The molecule has 1 saturated heterocycles. The Hall–Kier alpha value is -2.37. The molecular formula is C28H38N2O3. The lowest BCUT2D eigenvalue weighted by molar-refractivity contribution is -0.0156. The van der Waals surface area contributed by atoms with Gasteiger partial charge in [-0.05, 0) is 75.4 Å². The number of piperidine rings is 1. The normalized spacial score (nSPS) is 22.8. The molecule has 33 heavy (non-hydrogen) atoms. The molecule has 1 amide bonds. The van der Waals surface area contributed by atoms with Crippen molar-refractivity contribution in [2.75, 3.05) is 39.9 Å². The summed E-state index contributed by atoms with van der Waals surface area (Å²) in [6, 6.07) is 18.6. The largest absolute Gasteiger partial charge is 0.492 e. The highest BCUT2D eigenvalue weighted by Gasteiger charge is 2.34. The van der Waals surface area contributed by atoms with Gasteiger partial charge in [0.15, 0.2) is 0 Å². The second-order valence-electron chi connectivity index (χ2n) is 9.29. The maximum atomic E-state index is 13.4.